The molecule has 0 spiro atoms. The van der Waals surface area contributed by atoms with Gasteiger partial charge in [-0.05, 0) is 24.3 Å². The van der Waals surface area contributed by atoms with Crippen LogP contribution in [0.2, 0.25) is 0 Å². The monoisotopic (exact) mass is 241 g/mol. The van der Waals surface area contributed by atoms with Crippen molar-refractivity contribution in [3.05, 3.63) is 36.9 Å². The Balaban J connectivity index is 2.93. The number of hydrogen-bond acceptors (Lipinski definition) is 4. The summed E-state index contributed by atoms with van der Waals surface area (Å²) in [7, 11) is 0.119. The summed E-state index contributed by atoms with van der Waals surface area (Å²) in [6.45, 7) is 3.38. The number of benzene rings is 1. The summed E-state index contributed by atoms with van der Waals surface area (Å²) in [4.78, 5) is 2.04. The predicted molar refractivity (Wildman–Crippen MR) is 64.1 cm³/mol. The highest BCUT2D eigenvalue weighted by atomic mass is 32.2. The SMILES string of the molecule is C=CCOS(=O)(=O)c1ccc(N(C)C)cc1. The van der Waals surface area contributed by atoms with E-state index in [-0.39, 0.29) is 11.5 Å². The van der Waals surface area contributed by atoms with E-state index in [0.717, 1.165) is 5.69 Å². The second-order valence-corrected chi connectivity index (χ2v) is 5.03. The Morgan fingerprint density at radius 3 is 2.31 bits per heavy atom. The fourth-order valence-electron chi connectivity index (χ4n) is 1.12. The third-order valence-corrected chi connectivity index (χ3v) is 3.28. The van der Waals surface area contributed by atoms with Gasteiger partial charge in [-0.2, -0.15) is 8.42 Å². The molecule has 0 saturated heterocycles. The van der Waals surface area contributed by atoms with Gasteiger partial charge in [-0.3, -0.25) is 4.18 Å². The molecule has 1 aromatic rings. The molecule has 0 aliphatic carbocycles. The van der Waals surface area contributed by atoms with E-state index in [0.29, 0.717) is 0 Å². The highest BCUT2D eigenvalue weighted by molar-refractivity contribution is 7.86. The van der Waals surface area contributed by atoms with Crippen molar-refractivity contribution in [1.82, 2.24) is 0 Å². The number of nitrogens with zero attached hydrogens (tertiary/aromatic N) is 1. The van der Waals surface area contributed by atoms with Gasteiger partial charge in [0.15, 0.2) is 0 Å². The maximum atomic E-state index is 11.6. The fraction of sp³-hybridized carbons (Fsp3) is 0.273. The van der Waals surface area contributed by atoms with E-state index in [2.05, 4.69) is 6.58 Å². The molecule has 88 valence electrons. The van der Waals surface area contributed by atoms with Gasteiger partial charge in [0.05, 0.1) is 11.5 Å². The first-order valence-corrected chi connectivity index (χ1v) is 6.16. The van der Waals surface area contributed by atoms with Crippen molar-refractivity contribution < 1.29 is 12.6 Å². The molecule has 0 fully saturated rings. The highest BCUT2D eigenvalue weighted by Gasteiger charge is 2.13. The van der Waals surface area contributed by atoms with E-state index in [1.54, 1.807) is 12.1 Å². The summed E-state index contributed by atoms with van der Waals surface area (Å²) < 4.78 is 27.9. The molecule has 0 aliphatic heterocycles. The summed E-state index contributed by atoms with van der Waals surface area (Å²) >= 11 is 0. The summed E-state index contributed by atoms with van der Waals surface area (Å²) in [6, 6.07) is 6.50. The minimum atomic E-state index is -3.65. The molecule has 1 aromatic carbocycles. The van der Waals surface area contributed by atoms with Crippen LogP contribution < -0.4 is 4.90 Å². The normalized spacial score (nSPS) is 11.1. The number of rotatable bonds is 5. The van der Waals surface area contributed by atoms with Gasteiger partial charge in [0, 0.05) is 19.8 Å². The zero-order valence-corrected chi connectivity index (χ0v) is 10.2. The lowest BCUT2D eigenvalue weighted by atomic mass is 10.3. The van der Waals surface area contributed by atoms with E-state index >= 15 is 0 Å². The smallest absolute Gasteiger partial charge is 0.297 e. The summed E-state index contributed by atoms with van der Waals surface area (Å²) in [5.74, 6) is 0. The molecule has 0 heterocycles. The maximum Gasteiger partial charge on any atom is 0.297 e. The average molecular weight is 241 g/mol. The van der Waals surface area contributed by atoms with Crippen LogP contribution in [-0.2, 0) is 14.3 Å². The average Bonchev–Trinajstić information content (AvgIpc) is 2.26. The van der Waals surface area contributed by atoms with E-state index in [4.69, 9.17) is 4.18 Å². The van der Waals surface area contributed by atoms with Crippen molar-refractivity contribution in [2.75, 3.05) is 25.6 Å². The molecule has 4 nitrogen and oxygen atoms in total. The lowest BCUT2D eigenvalue weighted by Gasteiger charge is -2.12. The van der Waals surface area contributed by atoms with Crippen LogP contribution in [0.4, 0.5) is 5.69 Å². The molecule has 16 heavy (non-hydrogen) atoms. The summed E-state index contributed by atoms with van der Waals surface area (Å²) in [6.07, 6.45) is 1.39. The largest absolute Gasteiger partial charge is 0.378 e. The van der Waals surface area contributed by atoms with Gasteiger partial charge in [-0.15, -0.1) is 6.58 Å². The molecule has 0 N–H and O–H groups in total. The van der Waals surface area contributed by atoms with Gasteiger partial charge in [-0.1, -0.05) is 6.08 Å². The van der Waals surface area contributed by atoms with Crippen LogP contribution in [0.5, 0.6) is 0 Å². The quantitative estimate of drug-likeness (QED) is 0.581. The van der Waals surface area contributed by atoms with Crippen LogP contribution in [0, 0.1) is 0 Å². The number of hydrogen-bond donors (Lipinski definition) is 0. The van der Waals surface area contributed by atoms with E-state index in [1.165, 1.54) is 18.2 Å². The van der Waals surface area contributed by atoms with Gasteiger partial charge in [0.1, 0.15) is 0 Å². The zero-order chi connectivity index (χ0) is 12.2. The molecule has 0 bridgehead atoms. The fourth-order valence-corrected chi connectivity index (χ4v) is 2.00. The molecule has 0 atom stereocenters. The maximum absolute atomic E-state index is 11.6. The molecule has 0 aromatic heterocycles. The second kappa shape index (κ2) is 5.14. The molecule has 0 saturated carbocycles. The van der Waals surface area contributed by atoms with Crippen LogP contribution in [0.3, 0.4) is 0 Å². The Kier molecular flexibility index (Phi) is 4.09. The minimum absolute atomic E-state index is 0.0161. The van der Waals surface area contributed by atoms with Crippen molar-refractivity contribution in [3.63, 3.8) is 0 Å². The van der Waals surface area contributed by atoms with Crippen LogP contribution in [-0.4, -0.2) is 29.1 Å². The molecule has 0 radical (unpaired) electrons. The van der Waals surface area contributed by atoms with Gasteiger partial charge < -0.3 is 4.90 Å². The Morgan fingerprint density at radius 2 is 1.88 bits per heavy atom. The third-order valence-electron chi connectivity index (χ3n) is 1.98. The summed E-state index contributed by atoms with van der Waals surface area (Å²) in [5.41, 5.74) is 0.933. The number of anilines is 1. The Hall–Kier alpha value is -1.33. The lowest BCUT2D eigenvalue weighted by molar-refractivity contribution is 0.357. The van der Waals surface area contributed by atoms with E-state index < -0.39 is 10.1 Å². The van der Waals surface area contributed by atoms with Crippen molar-refractivity contribution in [3.8, 4) is 0 Å². The van der Waals surface area contributed by atoms with Crippen LogP contribution in [0.1, 0.15) is 0 Å². The van der Waals surface area contributed by atoms with Gasteiger partial charge >= 0.3 is 0 Å². The topological polar surface area (TPSA) is 46.6 Å². The minimum Gasteiger partial charge on any atom is -0.378 e. The first-order chi connectivity index (χ1) is 7.47. The van der Waals surface area contributed by atoms with Crippen LogP contribution >= 0.6 is 0 Å². The predicted octanol–water partition coefficient (Wildman–Crippen LogP) is 1.64. The van der Waals surface area contributed by atoms with Crippen molar-refractivity contribution in [2.24, 2.45) is 0 Å². The Morgan fingerprint density at radius 1 is 1.31 bits per heavy atom. The summed E-state index contributed by atoms with van der Waals surface area (Å²) in [5, 5.41) is 0. The van der Waals surface area contributed by atoms with Crippen molar-refractivity contribution in [1.29, 1.82) is 0 Å². The van der Waals surface area contributed by atoms with Gasteiger partial charge in [-0.25, -0.2) is 0 Å². The molecule has 0 unspecified atom stereocenters. The first-order valence-electron chi connectivity index (χ1n) is 4.75. The third kappa shape index (κ3) is 3.08. The molecular weight excluding hydrogens is 226 g/mol. The van der Waals surface area contributed by atoms with Crippen LogP contribution in [0.25, 0.3) is 0 Å². The molecule has 0 amide bonds. The molecular formula is C11H15NO3S. The first kappa shape index (κ1) is 12.7. The standard InChI is InChI=1S/C11H15NO3S/c1-4-9-15-16(13,14)11-7-5-10(6-8-11)12(2)3/h4-8H,1,9H2,2-3H3. The van der Waals surface area contributed by atoms with Crippen molar-refractivity contribution >= 4 is 15.8 Å². The zero-order valence-electron chi connectivity index (χ0n) is 9.38. The Labute approximate surface area is 96.3 Å². The molecule has 5 heteroatoms. The molecule has 1 rings (SSSR count). The lowest BCUT2D eigenvalue weighted by Crippen LogP contribution is -2.10. The Bertz CT molecular complexity index is 449. The van der Waals surface area contributed by atoms with Gasteiger partial charge in [0.2, 0.25) is 0 Å². The van der Waals surface area contributed by atoms with Crippen molar-refractivity contribution in [2.45, 2.75) is 4.90 Å². The highest BCUT2D eigenvalue weighted by Crippen LogP contribution is 2.17. The van der Waals surface area contributed by atoms with E-state index in [1.807, 2.05) is 19.0 Å². The second-order valence-electron chi connectivity index (χ2n) is 3.42. The molecule has 0 aliphatic rings. The van der Waals surface area contributed by atoms with Crippen LogP contribution in [0.15, 0.2) is 41.8 Å². The van der Waals surface area contributed by atoms with E-state index in [9.17, 15) is 8.42 Å². The van der Waals surface area contributed by atoms with Gasteiger partial charge in [0.25, 0.3) is 10.1 Å².